The summed E-state index contributed by atoms with van der Waals surface area (Å²) in [5.74, 6) is 1.69. The van der Waals surface area contributed by atoms with Crippen molar-refractivity contribution in [2.45, 2.75) is 10.9 Å². The van der Waals surface area contributed by atoms with Crippen molar-refractivity contribution in [3.05, 3.63) is 96.1 Å². The molecule has 0 radical (unpaired) electrons. The molecule has 0 amide bonds. The van der Waals surface area contributed by atoms with Crippen LogP contribution in [-0.4, -0.2) is 26.2 Å². The van der Waals surface area contributed by atoms with E-state index in [0.29, 0.717) is 5.82 Å². The number of hydrogen-bond acceptors (Lipinski definition) is 5. The van der Waals surface area contributed by atoms with Gasteiger partial charge in [-0.25, -0.2) is 0 Å². The third-order valence-electron chi connectivity index (χ3n) is 4.07. The van der Waals surface area contributed by atoms with Crippen LogP contribution in [0.1, 0.15) is 11.1 Å². The first kappa shape index (κ1) is 18.0. The van der Waals surface area contributed by atoms with E-state index in [2.05, 4.69) is 27.4 Å². The average Bonchev–Trinajstić information content (AvgIpc) is 3.16. The van der Waals surface area contributed by atoms with Crippen molar-refractivity contribution in [3.8, 4) is 17.1 Å². The normalized spacial score (nSPS) is 11.1. The average molecular weight is 386 g/mol. The van der Waals surface area contributed by atoms with Crippen molar-refractivity contribution >= 4 is 18.0 Å². The molecule has 0 saturated heterocycles. The Bertz CT molecular complexity index is 1060. The fourth-order valence-electron chi connectivity index (χ4n) is 2.63. The summed E-state index contributed by atoms with van der Waals surface area (Å²) in [6, 6.07) is 27.0. The highest BCUT2D eigenvalue weighted by molar-refractivity contribution is 7.98. The Morgan fingerprint density at radius 2 is 1.54 bits per heavy atom. The highest BCUT2D eigenvalue weighted by Gasteiger charge is 2.14. The minimum atomic E-state index is 0.227. The van der Waals surface area contributed by atoms with Gasteiger partial charge in [0.1, 0.15) is 5.75 Å². The number of phenols is 1. The molecule has 4 rings (SSSR count). The van der Waals surface area contributed by atoms with Gasteiger partial charge in [-0.2, -0.15) is 9.78 Å². The number of aromatic hydroxyl groups is 1. The molecule has 4 aromatic rings. The number of phenolic OH excluding ortho intramolecular Hbond substituents is 1. The number of nitrogens with zero attached hydrogens (tertiary/aromatic N) is 4. The van der Waals surface area contributed by atoms with Gasteiger partial charge in [-0.15, -0.1) is 10.2 Å². The Morgan fingerprint density at radius 3 is 2.25 bits per heavy atom. The molecule has 0 atom stereocenters. The predicted molar refractivity (Wildman–Crippen MR) is 113 cm³/mol. The minimum absolute atomic E-state index is 0.227. The third kappa shape index (κ3) is 4.29. The zero-order valence-electron chi connectivity index (χ0n) is 15.0. The highest BCUT2D eigenvalue weighted by Crippen LogP contribution is 2.26. The van der Waals surface area contributed by atoms with Crippen LogP contribution in [0.2, 0.25) is 0 Å². The summed E-state index contributed by atoms with van der Waals surface area (Å²) in [5, 5.41) is 23.5. The number of thioether (sulfide) groups is 1. The van der Waals surface area contributed by atoms with E-state index >= 15 is 0 Å². The molecule has 0 aliphatic heterocycles. The fraction of sp³-hybridized carbons (Fsp3) is 0.0455. The molecular weight excluding hydrogens is 368 g/mol. The molecule has 1 N–H and O–H groups in total. The van der Waals surface area contributed by atoms with Gasteiger partial charge in [0.2, 0.25) is 5.16 Å². The van der Waals surface area contributed by atoms with E-state index in [0.717, 1.165) is 22.0 Å². The zero-order chi connectivity index (χ0) is 19.2. The van der Waals surface area contributed by atoms with Crippen LogP contribution in [0, 0.1) is 0 Å². The molecule has 1 heterocycles. The second kappa shape index (κ2) is 8.54. The molecule has 0 fully saturated rings. The van der Waals surface area contributed by atoms with E-state index in [-0.39, 0.29) is 5.75 Å². The monoisotopic (exact) mass is 386 g/mol. The fourth-order valence-corrected chi connectivity index (χ4v) is 3.48. The molecule has 0 aliphatic carbocycles. The summed E-state index contributed by atoms with van der Waals surface area (Å²) < 4.78 is 1.76. The molecule has 28 heavy (non-hydrogen) atoms. The quantitative estimate of drug-likeness (QED) is 0.381. The van der Waals surface area contributed by atoms with Gasteiger partial charge in [0.25, 0.3) is 0 Å². The van der Waals surface area contributed by atoms with Crippen molar-refractivity contribution in [1.29, 1.82) is 0 Å². The number of aromatic nitrogens is 3. The van der Waals surface area contributed by atoms with Crippen molar-refractivity contribution in [2.24, 2.45) is 5.10 Å². The van der Waals surface area contributed by atoms with E-state index < -0.39 is 0 Å². The van der Waals surface area contributed by atoms with Gasteiger partial charge >= 0.3 is 0 Å². The molecule has 0 aliphatic rings. The third-order valence-corrected chi connectivity index (χ3v) is 5.06. The van der Waals surface area contributed by atoms with Crippen LogP contribution in [-0.2, 0) is 5.75 Å². The molecule has 0 bridgehead atoms. The molecule has 138 valence electrons. The minimum Gasteiger partial charge on any atom is -0.508 e. The first-order valence-electron chi connectivity index (χ1n) is 8.80. The lowest BCUT2D eigenvalue weighted by atomic mass is 10.2. The molecule has 6 heteroatoms. The SMILES string of the molecule is Oc1ccc(/C=N/n2c(SCc3ccccc3)nnc2-c2ccccc2)cc1. The van der Waals surface area contributed by atoms with E-state index in [9.17, 15) is 5.11 Å². The Balaban J connectivity index is 1.65. The Kier molecular flexibility index (Phi) is 5.49. The van der Waals surface area contributed by atoms with Crippen LogP contribution >= 0.6 is 11.8 Å². The Labute approximate surface area is 167 Å². The molecule has 5 nitrogen and oxygen atoms in total. The summed E-state index contributed by atoms with van der Waals surface area (Å²) in [6.45, 7) is 0. The van der Waals surface area contributed by atoms with E-state index in [1.165, 1.54) is 5.56 Å². The number of benzene rings is 3. The van der Waals surface area contributed by atoms with Crippen LogP contribution < -0.4 is 0 Å². The van der Waals surface area contributed by atoms with Crippen LogP contribution in [0.4, 0.5) is 0 Å². The van der Waals surface area contributed by atoms with Crippen LogP contribution in [0.15, 0.2) is 95.2 Å². The smallest absolute Gasteiger partial charge is 0.212 e. The zero-order valence-corrected chi connectivity index (χ0v) is 15.8. The molecule has 3 aromatic carbocycles. The molecule has 0 unspecified atom stereocenters. The lowest BCUT2D eigenvalue weighted by Gasteiger charge is -2.05. The summed E-state index contributed by atoms with van der Waals surface area (Å²) in [6.07, 6.45) is 1.74. The predicted octanol–water partition coefficient (Wildman–Crippen LogP) is 4.83. The molecule has 0 spiro atoms. The van der Waals surface area contributed by atoms with Gasteiger partial charge < -0.3 is 5.11 Å². The topological polar surface area (TPSA) is 63.3 Å². The van der Waals surface area contributed by atoms with E-state index in [1.54, 1.807) is 34.8 Å². The lowest BCUT2D eigenvalue weighted by Crippen LogP contribution is -1.97. The Morgan fingerprint density at radius 1 is 0.857 bits per heavy atom. The van der Waals surface area contributed by atoms with E-state index in [1.807, 2.05) is 60.7 Å². The maximum Gasteiger partial charge on any atom is 0.212 e. The second-order valence-electron chi connectivity index (χ2n) is 6.09. The largest absolute Gasteiger partial charge is 0.508 e. The number of rotatable bonds is 6. The Hall–Kier alpha value is -3.38. The lowest BCUT2D eigenvalue weighted by molar-refractivity contribution is 0.475. The van der Waals surface area contributed by atoms with E-state index in [4.69, 9.17) is 0 Å². The maximum atomic E-state index is 9.45. The summed E-state index contributed by atoms with van der Waals surface area (Å²) in [4.78, 5) is 0. The first-order valence-corrected chi connectivity index (χ1v) is 9.79. The van der Waals surface area contributed by atoms with Crippen molar-refractivity contribution in [1.82, 2.24) is 14.9 Å². The van der Waals surface area contributed by atoms with Gasteiger partial charge in [-0.1, -0.05) is 72.4 Å². The molecular formula is C22H18N4OS. The summed E-state index contributed by atoms with van der Waals surface area (Å²) in [5.41, 5.74) is 3.04. The standard InChI is InChI=1S/C22H18N4OS/c27-20-13-11-17(12-14-20)15-23-26-21(19-9-5-2-6-10-19)24-25-22(26)28-16-18-7-3-1-4-8-18/h1-15,27H,16H2/b23-15+. The van der Waals surface area contributed by atoms with Gasteiger partial charge in [0.15, 0.2) is 5.82 Å². The van der Waals surface area contributed by atoms with Crippen molar-refractivity contribution in [2.75, 3.05) is 0 Å². The van der Waals surface area contributed by atoms with Gasteiger partial charge in [0, 0.05) is 11.3 Å². The van der Waals surface area contributed by atoms with Crippen LogP contribution in [0.3, 0.4) is 0 Å². The van der Waals surface area contributed by atoms with Gasteiger partial charge in [0.05, 0.1) is 6.21 Å². The second-order valence-corrected chi connectivity index (χ2v) is 7.04. The molecule has 1 aromatic heterocycles. The molecule has 0 saturated carbocycles. The maximum absolute atomic E-state index is 9.45. The van der Waals surface area contributed by atoms with Crippen molar-refractivity contribution < 1.29 is 5.11 Å². The summed E-state index contributed by atoms with van der Waals surface area (Å²) >= 11 is 1.59. The highest BCUT2D eigenvalue weighted by atomic mass is 32.2. The van der Waals surface area contributed by atoms with Crippen LogP contribution in [0.25, 0.3) is 11.4 Å². The number of hydrogen-bond donors (Lipinski definition) is 1. The van der Waals surface area contributed by atoms with Gasteiger partial charge in [-0.3, -0.25) is 0 Å². The summed E-state index contributed by atoms with van der Waals surface area (Å²) in [7, 11) is 0. The van der Waals surface area contributed by atoms with Crippen molar-refractivity contribution in [3.63, 3.8) is 0 Å². The van der Waals surface area contributed by atoms with Gasteiger partial charge in [-0.05, 0) is 35.4 Å². The van der Waals surface area contributed by atoms with Crippen LogP contribution in [0.5, 0.6) is 5.75 Å². The first-order chi connectivity index (χ1) is 13.8.